The Morgan fingerprint density at radius 1 is 1.29 bits per heavy atom. The standard InChI is InChI=1S/C14H26N2O/c1-3-4-5-6-10-17-11-9-14(2,12-15)16-13-7-8-13/h13,16H,3-11H2,1-2H3. The van der Waals surface area contributed by atoms with Crippen molar-refractivity contribution in [3.05, 3.63) is 0 Å². The van der Waals surface area contributed by atoms with Gasteiger partial charge in [-0.2, -0.15) is 5.26 Å². The molecule has 3 heteroatoms. The highest BCUT2D eigenvalue weighted by molar-refractivity contribution is 5.06. The molecule has 0 spiro atoms. The van der Waals surface area contributed by atoms with E-state index in [0.717, 1.165) is 19.4 Å². The number of nitrogens with one attached hydrogen (secondary N) is 1. The summed E-state index contributed by atoms with van der Waals surface area (Å²) in [6.07, 6.45) is 8.18. The first-order valence-corrected chi connectivity index (χ1v) is 6.97. The van der Waals surface area contributed by atoms with E-state index in [1.165, 1.54) is 32.1 Å². The molecule has 1 fully saturated rings. The number of unbranched alkanes of at least 4 members (excludes halogenated alkanes) is 3. The molecule has 0 radical (unpaired) electrons. The van der Waals surface area contributed by atoms with Crippen LogP contribution >= 0.6 is 0 Å². The minimum Gasteiger partial charge on any atom is -0.381 e. The van der Waals surface area contributed by atoms with Crippen molar-refractivity contribution in [2.24, 2.45) is 0 Å². The summed E-state index contributed by atoms with van der Waals surface area (Å²) in [6.45, 7) is 5.72. The summed E-state index contributed by atoms with van der Waals surface area (Å²) in [5.41, 5.74) is -0.398. The van der Waals surface area contributed by atoms with E-state index < -0.39 is 5.54 Å². The molecule has 1 rings (SSSR count). The van der Waals surface area contributed by atoms with Crippen molar-refractivity contribution >= 4 is 0 Å². The van der Waals surface area contributed by atoms with Gasteiger partial charge in [0.15, 0.2) is 0 Å². The van der Waals surface area contributed by atoms with Crippen molar-refractivity contribution in [1.29, 1.82) is 5.26 Å². The summed E-state index contributed by atoms with van der Waals surface area (Å²) >= 11 is 0. The van der Waals surface area contributed by atoms with E-state index in [1.807, 2.05) is 6.92 Å². The van der Waals surface area contributed by atoms with Crippen LogP contribution in [-0.2, 0) is 4.74 Å². The molecule has 1 aliphatic carbocycles. The molecule has 98 valence electrons. The Morgan fingerprint density at radius 2 is 2.06 bits per heavy atom. The second-order valence-electron chi connectivity index (χ2n) is 5.29. The van der Waals surface area contributed by atoms with Gasteiger partial charge in [-0.1, -0.05) is 26.2 Å². The monoisotopic (exact) mass is 238 g/mol. The van der Waals surface area contributed by atoms with Crippen molar-refractivity contribution in [3.63, 3.8) is 0 Å². The van der Waals surface area contributed by atoms with E-state index in [-0.39, 0.29) is 0 Å². The van der Waals surface area contributed by atoms with Crippen molar-refractivity contribution in [3.8, 4) is 6.07 Å². The molecule has 1 aliphatic rings. The fraction of sp³-hybridized carbons (Fsp3) is 0.929. The Bertz CT molecular complexity index is 245. The van der Waals surface area contributed by atoms with E-state index >= 15 is 0 Å². The van der Waals surface area contributed by atoms with Gasteiger partial charge in [0, 0.05) is 25.7 Å². The predicted molar refractivity (Wildman–Crippen MR) is 69.8 cm³/mol. The topological polar surface area (TPSA) is 45.0 Å². The maximum absolute atomic E-state index is 9.17. The highest BCUT2D eigenvalue weighted by atomic mass is 16.5. The lowest BCUT2D eigenvalue weighted by Crippen LogP contribution is -2.43. The lowest BCUT2D eigenvalue weighted by molar-refractivity contribution is 0.114. The van der Waals surface area contributed by atoms with Crippen LogP contribution in [0.15, 0.2) is 0 Å². The molecule has 0 amide bonds. The Kier molecular flexibility index (Phi) is 6.54. The van der Waals surface area contributed by atoms with Crippen LogP contribution in [0.25, 0.3) is 0 Å². The Hall–Kier alpha value is -0.590. The Morgan fingerprint density at radius 3 is 2.65 bits per heavy atom. The molecular weight excluding hydrogens is 212 g/mol. The average Bonchev–Trinajstić information content (AvgIpc) is 3.12. The van der Waals surface area contributed by atoms with Crippen LogP contribution in [0.5, 0.6) is 0 Å². The second kappa shape index (κ2) is 7.68. The van der Waals surface area contributed by atoms with Gasteiger partial charge in [-0.25, -0.2) is 0 Å². The molecule has 0 aliphatic heterocycles. The van der Waals surface area contributed by atoms with Crippen molar-refractivity contribution in [2.75, 3.05) is 13.2 Å². The van der Waals surface area contributed by atoms with E-state index in [9.17, 15) is 0 Å². The molecule has 0 aromatic rings. The molecule has 1 saturated carbocycles. The van der Waals surface area contributed by atoms with Gasteiger partial charge in [0.1, 0.15) is 5.54 Å². The zero-order valence-electron chi connectivity index (χ0n) is 11.3. The van der Waals surface area contributed by atoms with Crippen LogP contribution in [0.3, 0.4) is 0 Å². The smallest absolute Gasteiger partial charge is 0.106 e. The second-order valence-corrected chi connectivity index (χ2v) is 5.29. The molecule has 1 atom stereocenters. The van der Waals surface area contributed by atoms with Crippen LogP contribution in [0.2, 0.25) is 0 Å². The van der Waals surface area contributed by atoms with Crippen molar-refractivity contribution < 1.29 is 4.74 Å². The SMILES string of the molecule is CCCCCCOCCC(C)(C#N)NC1CC1. The summed E-state index contributed by atoms with van der Waals surface area (Å²) in [4.78, 5) is 0. The number of hydrogen-bond donors (Lipinski definition) is 1. The van der Waals surface area contributed by atoms with Gasteiger partial charge < -0.3 is 4.74 Å². The molecule has 0 saturated heterocycles. The molecular formula is C14H26N2O. The highest BCUT2D eigenvalue weighted by Gasteiger charge is 2.32. The van der Waals surface area contributed by atoms with E-state index in [4.69, 9.17) is 10.00 Å². The summed E-state index contributed by atoms with van der Waals surface area (Å²) < 4.78 is 5.59. The van der Waals surface area contributed by atoms with Gasteiger partial charge in [0.2, 0.25) is 0 Å². The molecule has 1 N–H and O–H groups in total. The minimum atomic E-state index is -0.398. The predicted octanol–water partition coefficient (Wildman–Crippen LogP) is 3.01. The van der Waals surface area contributed by atoms with Crippen molar-refractivity contribution in [2.45, 2.75) is 70.4 Å². The van der Waals surface area contributed by atoms with Gasteiger partial charge in [-0.3, -0.25) is 5.32 Å². The molecule has 0 aromatic heterocycles. The first kappa shape index (κ1) is 14.5. The fourth-order valence-corrected chi connectivity index (χ4v) is 1.85. The third-order valence-electron chi connectivity index (χ3n) is 3.24. The van der Waals surface area contributed by atoms with Crippen LogP contribution in [0, 0.1) is 11.3 Å². The Labute approximate surface area is 106 Å². The maximum atomic E-state index is 9.17. The molecule has 0 bridgehead atoms. The van der Waals surface area contributed by atoms with E-state index in [0.29, 0.717) is 12.6 Å². The quantitative estimate of drug-likeness (QED) is 0.595. The summed E-state index contributed by atoms with van der Waals surface area (Å²) in [6, 6.07) is 2.94. The lowest BCUT2D eigenvalue weighted by Gasteiger charge is -2.23. The van der Waals surface area contributed by atoms with Crippen LogP contribution in [0.1, 0.15) is 58.8 Å². The fourth-order valence-electron chi connectivity index (χ4n) is 1.85. The number of ether oxygens (including phenoxy) is 1. The third-order valence-corrected chi connectivity index (χ3v) is 3.24. The molecule has 17 heavy (non-hydrogen) atoms. The van der Waals surface area contributed by atoms with Crippen LogP contribution in [0.4, 0.5) is 0 Å². The zero-order valence-corrected chi connectivity index (χ0v) is 11.3. The van der Waals surface area contributed by atoms with Gasteiger partial charge in [-0.05, 0) is 26.2 Å². The third kappa shape index (κ3) is 6.65. The Balaban J connectivity index is 2.01. The largest absolute Gasteiger partial charge is 0.381 e. The normalized spacial score (nSPS) is 18.6. The number of hydrogen-bond acceptors (Lipinski definition) is 3. The number of nitrogens with zero attached hydrogens (tertiary/aromatic N) is 1. The van der Waals surface area contributed by atoms with Crippen LogP contribution in [-0.4, -0.2) is 24.8 Å². The number of rotatable bonds is 10. The first-order chi connectivity index (χ1) is 8.20. The van der Waals surface area contributed by atoms with Crippen molar-refractivity contribution in [1.82, 2.24) is 5.32 Å². The lowest BCUT2D eigenvalue weighted by atomic mass is 10.0. The van der Waals surface area contributed by atoms with E-state index in [2.05, 4.69) is 18.3 Å². The van der Waals surface area contributed by atoms with Gasteiger partial charge in [0.05, 0.1) is 6.07 Å². The number of nitriles is 1. The van der Waals surface area contributed by atoms with Gasteiger partial charge >= 0.3 is 0 Å². The molecule has 3 nitrogen and oxygen atoms in total. The molecule has 1 unspecified atom stereocenters. The van der Waals surface area contributed by atoms with E-state index in [1.54, 1.807) is 0 Å². The first-order valence-electron chi connectivity index (χ1n) is 6.97. The van der Waals surface area contributed by atoms with Crippen LogP contribution < -0.4 is 5.32 Å². The zero-order chi connectivity index (χ0) is 12.6. The summed E-state index contributed by atoms with van der Waals surface area (Å²) in [5, 5.41) is 12.6. The van der Waals surface area contributed by atoms with Gasteiger partial charge in [0.25, 0.3) is 0 Å². The summed E-state index contributed by atoms with van der Waals surface area (Å²) in [5.74, 6) is 0. The average molecular weight is 238 g/mol. The highest BCUT2D eigenvalue weighted by Crippen LogP contribution is 2.23. The maximum Gasteiger partial charge on any atom is 0.106 e. The molecule has 0 aromatic carbocycles. The minimum absolute atomic E-state index is 0.398. The summed E-state index contributed by atoms with van der Waals surface area (Å²) in [7, 11) is 0. The molecule has 0 heterocycles. The van der Waals surface area contributed by atoms with Gasteiger partial charge in [-0.15, -0.1) is 0 Å².